The maximum Gasteiger partial charge on any atom is 0.253 e. The molecule has 1 fully saturated rings. The van der Waals surface area contributed by atoms with Crippen LogP contribution in [0.5, 0.6) is 0 Å². The van der Waals surface area contributed by atoms with E-state index in [-0.39, 0.29) is 11.8 Å². The first-order valence-corrected chi connectivity index (χ1v) is 13.2. The molecular formula is C31H31N5O2. The molecule has 0 bridgehead atoms. The molecular weight excluding hydrogens is 474 g/mol. The van der Waals surface area contributed by atoms with Gasteiger partial charge in [-0.2, -0.15) is 0 Å². The summed E-state index contributed by atoms with van der Waals surface area (Å²) in [7, 11) is 0. The van der Waals surface area contributed by atoms with Crippen LogP contribution in [-0.4, -0.2) is 65.9 Å². The molecule has 0 radical (unpaired) electrons. The van der Waals surface area contributed by atoms with E-state index in [0.29, 0.717) is 38.3 Å². The third-order valence-corrected chi connectivity index (χ3v) is 7.43. The van der Waals surface area contributed by atoms with Crippen LogP contribution in [0.3, 0.4) is 0 Å². The molecule has 3 heterocycles. The van der Waals surface area contributed by atoms with Crippen molar-refractivity contribution in [2.24, 2.45) is 0 Å². The number of para-hydroxylation sites is 1. The van der Waals surface area contributed by atoms with Crippen LogP contribution in [0, 0.1) is 0 Å². The fourth-order valence-electron chi connectivity index (χ4n) is 5.44. The highest BCUT2D eigenvalue weighted by molar-refractivity contribution is 6.04. The van der Waals surface area contributed by atoms with Gasteiger partial charge < -0.3 is 15.1 Å². The number of fused-ring (bicyclic) bond motifs is 2. The molecule has 192 valence electrons. The predicted molar refractivity (Wildman–Crippen MR) is 150 cm³/mol. The molecule has 0 unspecified atom stereocenters. The highest BCUT2D eigenvalue weighted by Crippen LogP contribution is 2.38. The number of hydrogen-bond acceptors (Lipinski definition) is 5. The topological polar surface area (TPSA) is 68.8 Å². The van der Waals surface area contributed by atoms with Gasteiger partial charge in [0.1, 0.15) is 5.82 Å². The van der Waals surface area contributed by atoms with Crippen molar-refractivity contribution in [2.45, 2.75) is 13.0 Å². The van der Waals surface area contributed by atoms with E-state index in [1.54, 1.807) is 0 Å². The van der Waals surface area contributed by atoms with Gasteiger partial charge in [0.15, 0.2) is 0 Å². The SMILES string of the molecule is O=C(CN1CCN(C(=O)c2ccccc2)CC1)Nc1c2c(nc3ccccc13)N(Cc1ccccc1)CC2. The quantitative estimate of drug-likeness (QED) is 0.426. The maximum atomic E-state index is 13.3. The summed E-state index contributed by atoms with van der Waals surface area (Å²) in [5.41, 5.74) is 4.81. The Labute approximate surface area is 222 Å². The second kappa shape index (κ2) is 10.6. The molecule has 3 aromatic carbocycles. The van der Waals surface area contributed by atoms with Crippen molar-refractivity contribution in [3.05, 3.63) is 102 Å². The van der Waals surface area contributed by atoms with Gasteiger partial charge in [0.05, 0.1) is 17.7 Å². The second-order valence-electron chi connectivity index (χ2n) is 9.95. The smallest absolute Gasteiger partial charge is 0.253 e. The van der Waals surface area contributed by atoms with Crippen LogP contribution in [0.2, 0.25) is 0 Å². The minimum absolute atomic E-state index is 0.0344. The molecule has 38 heavy (non-hydrogen) atoms. The van der Waals surface area contributed by atoms with E-state index in [9.17, 15) is 9.59 Å². The van der Waals surface area contributed by atoms with Crippen LogP contribution in [-0.2, 0) is 17.8 Å². The van der Waals surface area contributed by atoms with Crippen LogP contribution in [0.15, 0.2) is 84.9 Å². The number of carbonyl (C=O) groups is 2. The number of anilines is 2. The highest BCUT2D eigenvalue weighted by Gasteiger charge is 2.28. The summed E-state index contributed by atoms with van der Waals surface area (Å²) in [5, 5.41) is 4.22. The molecule has 4 aromatic rings. The summed E-state index contributed by atoms with van der Waals surface area (Å²) in [5.74, 6) is 0.970. The fourth-order valence-corrected chi connectivity index (χ4v) is 5.44. The van der Waals surface area contributed by atoms with Crippen molar-refractivity contribution in [3.8, 4) is 0 Å². The standard InChI is InChI=1S/C31H31N5O2/c37-28(22-34-17-19-35(20-18-34)31(38)24-11-5-2-6-12-24)33-29-25-13-7-8-14-27(25)32-30-26(29)15-16-36(30)21-23-9-3-1-4-10-23/h1-14H,15-22H2,(H,32,33,37). The van der Waals surface area contributed by atoms with Crippen molar-refractivity contribution in [1.82, 2.24) is 14.8 Å². The predicted octanol–water partition coefficient (Wildman–Crippen LogP) is 4.19. The zero-order valence-electron chi connectivity index (χ0n) is 21.3. The lowest BCUT2D eigenvalue weighted by Gasteiger charge is -2.34. The van der Waals surface area contributed by atoms with Gasteiger partial charge >= 0.3 is 0 Å². The lowest BCUT2D eigenvalue weighted by Crippen LogP contribution is -2.50. The van der Waals surface area contributed by atoms with E-state index in [1.807, 2.05) is 65.6 Å². The van der Waals surface area contributed by atoms with Crippen molar-refractivity contribution >= 4 is 34.2 Å². The van der Waals surface area contributed by atoms with E-state index < -0.39 is 0 Å². The zero-order valence-corrected chi connectivity index (χ0v) is 21.3. The van der Waals surface area contributed by atoms with Crippen LogP contribution in [0.1, 0.15) is 21.5 Å². The molecule has 1 aromatic heterocycles. The highest BCUT2D eigenvalue weighted by atomic mass is 16.2. The average Bonchev–Trinajstić information content (AvgIpc) is 3.36. The molecule has 0 aliphatic carbocycles. The summed E-state index contributed by atoms with van der Waals surface area (Å²) in [6.45, 7) is 4.53. The Kier molecular flexibility index (Phi) is 6.75. The van der Waals surface area contributed by atoms with E-state index in [1.165, 1.54) is 5.56 Å². The molecule has 7 heteroatoms. The minimum atomic E-state index is -0.0344. The van der Waals surface area contributed by atoms with Gasteiger partial charge in [-0.05, 0) is 30.2 Å². The van der Waals surface area contributed by atoms with E-state index in [0.717, 1.165) is 47.5 Å². The summed E-state index contributed by atoms with van der Waals surface area (Å²) in [4.78, 5) is 37.3. The van der Waals surface area contributed by atoms with Gasteiger partial charge in [-0.3, -0.25) is 14.5 Å². The number of piperazine rings is 1. The van der Waals surface area contributed by atoms with E-state index in [4.69, 9.17) is 4.98 Å². The zero-order chi connectivity index (χ0) is 25.9. The normalized spacial score (nSPS) is 15.5. The third kappa shape index (κ3) is 4.97. The van der Waals surface area contributed by atoms with Gasteiger partial charge in [-0.15, -0.1) is 0 Å². The lowest BCUT2D eigenvalue weighted by molar-refractivity contribution is -0.117. The Balaban J connectivity index is 1.15. The lowest BCUT2D eigenvalue weighted by atomic mass is 10.1. The molecule has 0 atom stereocenters. The number of benzene rings is 3. The van der Waals surface area contributed by atoms with Crippen molar-refractivity contribution in [3.63, 3.8) is 0 Å². The summed E-state index contributed by atoms with van der Waals surface area (Å²) < 4.78 is 0. The third-order valence-electron chi connectivity index (χ3n) is 7.43. The average molecular weight is 506 g/mol. The van der Waals surface area contributed by atoms with Gasteiger partial charge in [-0.1, -0.05) is 66.7 Å². The summed E-state index contributed by atoms with van der Waals surface area (Å²) in [6.07, 6.45) is 0.843. The number of nitrogens with one attached hydrogen (secondary N) is 1. The second-order valence-corrected chi connectivity index (χ2v) is 9.95. The first-order chi connectivity index (χ1) is 18.7. The number of hydrogen-bond donors (Lipinski definition) is 1. The molecule has 7 nitrogen and oxygen atoms in total. The van der Waals surface area contributed by atoms with Crippen LogP contribution in [0.4, 0.5) is 11.5 Å². The summed E-state index contributed by atoms with van der Waals surface area (Å²) >= 11 is 0. The molecule has 2 amide bonds. The van der Waals surface area contributed by atoms with Gasteiger partial charge in [0.2, 0.25) is 5.91 Å². The molecule has 2 aliphatic rings. The van der Waals surface area contributed by atoms with Gasteiger partial charge in [0.25, 0.3) is 5.91 Å². The van der Waals surface area contributed by atoms with Crippen LogP contribution >= 0.6 is 0 Å². The Bertz CT molecular complexity index is 1450. The van der Waals surface area contributed by atoms with Crippen molar-refractivity contribution in [1.29, 1.82) is 0 Å². The van der Waals surface area contributed by atoms with Crippen LogP contribution in [0.25, 0.3) is 10.9 Å². The molecule has 0 saturated carbocycles. The van der Waals surface area contributed by atoms with E-state index >= 15 is 0 Å². The minimum Gasteiger partial charge on any atom is -0.352 e. The number of aromatic nitrogens is 1. The van der Waals surface area contributed by atoms with Crippen molar-refractivity contribution < 1.29 is 9.59 Å². The number of amides is 2. The fraction of sp³-hybridized carbons (Fsp3) is 0.258. The Morgan fingerprint density at radius 2 is 1.47 bits per heavy atom. The number of pyridine rings is 1. The Morgan fingerprint density at radius 3 is 2.24 bits per heavy atom. The molecule has 1 N–H and O–H groups in total. The largest absolute Gasteiger partial charge is 0.352 e. The molecule has 2 aliphatic heterocycles. The number of rotatable bonds is 6. The maximum absolute atomic E-state index is 13.3. The Morgan fingerprint density at radius 1 is 0.789 bits per heavy atom. The van der Waals surface area contributed by atoms with Gasteiger partial charge in [0, 0.05) is 55.8 Å². The Hall–Kier alpha value is -4.23. The molecule has 6 rings (SSSR count). The van der Waals surface area contributed by atoms with Gasteiger partial charge in [-0.25, -0.2) is 4.98 Å². The first-order valence-electron chi connectivity index (χ1n) is 13.2. The number of nitrogens with zero attached hydrogens (tertiary/aromatic N) is 4. The van der Waals surface area contributed by atoms with Crippen molar-refractivity contribution in [2.75, 3.05) is 49.5 Å². The summed E-state index contributed by atoms with van der Waals surface area (Å²) in [6, 6.07) is 27.8. The first kappa shape index (κ1) is 24.1. The molecule has 1 saturated heterocycles. The van der Waals surface area contributed by atoms with Crippen LogP contribution < -0.4 is 10.2 Å². The molecule has 0 spiro atoms. The number of carbonyl (C=O) groups excluding carboxylic acids is 2. The monoisotopic (exact) mass is 505 g/mol. The van der Waals surface area contributed by atoms with E-state index in [2.05, 4.69) is 39.4 Å².